The zero-order valence-electron chi connectivity index (χ0n) is 10.8. The molecule has 0 aliphatic carbocycles. The van der Waals surface area contributed by atoms with Crippen LogP contribution in [0.15, 0.2) is 42.5 Å². The van der Waals surface area contributed by atoms with Crippen molar-refractivity contribution < 1.29 is 14.6 Å². The van der Waals surface area contributed by atoms with Crippen molar-refractivity contribution in [3.05, 3.63) is 51.6 Å². The van der Waals surface area contributed by atoms with E-state index in [1.54, 1.807) is 14.0 Å². The van der Waals surface area contributed by atoms with E-state index < -0.39 is 6.10 Å². The van der Waals surface area contributed by atoms with E-state index in [2.05, 4.69) is 22.6 Å². The number of methoxy groups -OCH3 is 1. The molecule has 1 N–H and O–H groups in total. The first-order chi connectivity index (χ1) is 9.13. The topological polar surface area (TPSA) is 38.7 Å². The lowest BCUT2D eigenvalue weighted by molar-refractivity contribution is 0.190. The van der Waals surface area contributed by atoms with Crippen molar-refractivity contribution in [1.29, 1.82) is 0 Å². The Bertz CT molecular complexity index is 567. The fourth-order valence-electron chi connectivity index (χ4n) is 1.85. The Morgan fingerprint density at radius 3 is 2.26 bits per heavy atom. The first-order valence-corrected chi connectivity index (χ1v) is 6.98. The maximum atomic E-state index is 9.90. The van der Waals surface area contributed by atoms with Crippen LogP contribution in [0.3, 0.4) is 0 Å². The minimum atomic E-state index is -0.660. The van der Waals surface area contributed by atoms with Crippen LogP contribution >= 0.6 is 22.6 Å². The highest BCUT2D eigenvalue weighted by Crippen LogP contribution is 2.37. The van der Waals surface area contributed by atoms with Gasteiger partial charge in [-0.15, -0.1) is 0 Å². The number of para-hydroxylation sites is 1. The number of aliphatic hydroxyl groups is 1. The van der Waals surface area contributed by atoms with Crippen molar-refractivity contribution in [3.8, 4) is 17.2 Å². The molecule has 0 aliphatic rings. The third-order valence-electron chi connectivity index (χ3n) is 2.72. The van der Waals surface area contributed by atoms with Crippen LogP contribution in [0, 0.1) is 3.57 Å². The maximum absolute atomic E-state index is 9.90. The van der Waals surface area contributed by atoms with Crippen LogP contribution in [-0.2, 0) is 0 Å². The van der Waals surface area contributed by atoms with Crippen LogP contribution in [0.4, 0.5) is 0 Å². The monoisotopic (exact) mass is 370 g/mol. The summed E-state index contributed by atoms with van der Waals surface area (Å²) in [5.41, 5.74) is 0.657. The third-order valence-corrected chi connectivity index (χ3v) is 3.61. The predicted octanol–water partition coefficient (Wildman–Crippen LogP) is 4.15. The lowest BCUT2D eigenvalue weighted by atomic mass is 10.1. The van der Waals surface area contributed by atoms with Gasteiger partial charge in [0.2, 0.25) is 0 Å². The molecule has 0 amide bonds. The number of benzene rings is 2. The fourth-order valence-corrected chi connectivity index (χ4v) is 2.35. The van der Waals surface area contributed by atoms with Crippen LogP contribution in [0.5, 0.6) is 17.2 Å². The first-order valence-electron chi connectivity index (χ1n) is 5.91. The number of hydrogen-bond acceptors (Lipinski definition) is 3. The van der Waals surface area contributed by atoms with Gasteiger partial charge in [-0.3, -0.25) is 0 Å². The second kappa shape index (κ2) is 6.25. The van der Waals surface area contributed by atoms with E-state index in [9.17, 15) is 5.11 Å². The van der Waals surface area contributed by atoms with Gasteiger partial charge in [-0.2, -0.15) is 0 Å². The Morgan fingerprint density at radius 1 is 1.00 bits per heavy atom. The van der Waals surface area contributed by atoms with Gasteiger partial charge in [0.15, 0.2) is 0 Å². The van der Waals surface area contributed by atoms with Gasteiger partial charge in [0.1, 0.15) is 17.2 Å². The molecule has 0 spiro atoms. The van der Waals surface area contributed by atoms with Crippen LogP contribution in [-0.4, -0.2) is 12.2 Å². The van der Waals surface area contributed by atoms with E-state index in [0.717, 1.165) is 9.32 Å². The molecule has 0 aromatic heterocycles. The highest BCUT2D eigenvalue weighted by Gasteiger charge is 2.16. The summed E-state index contributed by atoms with van der Waals surface area (Å²) in [6, 6.07) is 13.2. The zero-order chi connectivity index (χ0) is 13.8. The van der Waals surface area contributed by atoms with E-state index in [4.69, 9.17) is 9.47 Å². The smallest absolute Gasteiger partial charge is 0.140 e. The largest absolute Gasteiger partial charge is 0.496 e. The first kappa shape index (κ1) is 14.1. The third kappa shape index (κ3) is 3.19. The summed E-state index contributed by atoms with van der Waals surface area (Å²) in [5.74, 6) is 2.00. The van der Waals surface area contributed by atoms with Gasteiger partial charge in [0.25, 0.3) is 0 Å². The summed E-state index contributed by atoms with van der Waals surface area (Å²) >= 11 is 2.22. The zero-order valence-corrected chi connectivity index (χ0v) is 12.9. The van der Waals surface area contributed by atoms with Crippen molar-refractivity contribution in [2.75, 3.05) is 7.11 Å². The average molecular weight is 370 g/mol. The van der Waals surface area contributed by atoms with Crippen molar-refractivity contribution in [2.24, 2.45) is 0 Å². The molecule has 0 bridgehead atoms. The molecule has 0 saturated carbocycles. The molecule has 2 aromatic rings. The van der Waals surface area contributed by atoms with Crippen LogP contribution in [0.2, 0.25) is 0 Å². The number of halogens is 1. The van der Waals surface area contributed by atoms with E-state index >= 15 is 0 Å². The molecule has 0 saturated heterocycles. The Kier molecular flexibility index (Phi) is 4.66. The number of aliphatic hydroxyl groups excluding tert-OH is 1. The fraction of sp³-hybridized carbons (Fsp3) is 0.200. The molecule has 2 aromatic carbocycles. The van der Waals surface area contributed by atoms with Crippen LogP contribution in [0.25, 0.3) is 0 Å². The number of ether oxygens (including phenoxy) is 2. The highest BCUT2D eigenvalue weighted by molar-refractivity contribution is 14.1. The number of hydrogen-bond donors (Lipinski definition) is 1. The minimum absolute atomic E-state index is 0.610. The molecule has 3 nitrogen and oxygen atoms in total. The second-order valence-electron chi connectivity index (χ2n) is 4.08. The second-order valence-corrected chi connectivity index (χ2v) is 5.24. The molecule has 0 aliphatic heterocycles. The Hall–Kier alpha value is -1.27. The van der Waals surface area contributed by atoms with Crippen molar-refractivity contribution in [2.45, 2.75) is 13.0 Å². The molecule has 0 fully saturated rings. The summed E-state index contributed by atoms with van der Waals surface area (Å²) in [6.07, 6.45) is -0.660. The van der Waals surface area contributed by atoms with Gasteiger partial charge >= 0.3 is 0 Å². The molecule has 4 heteroatoms. The molecule has 0 radical (unpaired) electrons. The Balaban J connectivity index is 2.43. The summed E-state index contributed by atoms with van der Waals surface area (Å²) in [5, 5.41) is 9.90. The molecule has 1 unspecified atom stereocenters. The SMILES string of the molecule is COc1cccc(Oc2ccccc2I)c1C(C)O. The molecular formula is C15H15IO3. The van der Waals surface area contributed by atoms with Gasteiger partial charge in [-0.1, -0.05) is 18.2 Å². The standard InChI is InChI=1S/C15H15IO3/c1-10(17)15-13(18-2)8-5-9-14(15)19-12-7-4-3-6-11(12)16/h3-10,17H,1-2H3. The van der Waals surface area contributed by atoms with Gasteiger partial charge in [-0.05, 0) is 53.8 Å². The Labute approximate surface area is 126 Å². The molecule has 0 heterocycles. The van der Waals surface area contributed by atoms with E-state index in [1.807, 2.05) is 42.5 Å². The summed E-state index contributed by atoms with van der Waals surface area (Å²) in [4.78, 5) is 0. The van der Waals surface area contributed by atoms with E-state index in [-0.39, 0.29) is 0 Å². The highest BCUT2D eigenvalue weighted by atomic mass is 127. The normalized spacial score (nSPS) is 12.0. The number of rotatable bonds is 4. The van der Waals surface area contributed by atoms with Gasteiger partial charge in [0, 0.05) is 0 Å². The predicted molar refractivity (Wildman–Crippen MR) is 82.9 cm³/mol. The summed E-state index contributed by atoms with van der Waals surface area (Å²) < 4.78 is 12.2. The van der Waals surface area contributed by atoms with Gasteiger partial charge in [-0.25, -0.2) is 0 Å². The maximum Gasteiger partial charge on any atom is 0.140 e. The van der Waals surface area contributed by atoms with Gasteiger partial charge in [0.05, 0.1) is 22.3 Å². The van der Waals surface area contributed by atoms with Crippen molar-refractivity contribution in [1.82, 2.24) is 0 Å². The molecular weight excluding hydrogens is 355 g/mol. The molecule has 1 atom stereocenters. The lowest BCUT2D eigenvalue weighted by Crippen LogP contribution is -2.00. The summed E-state index contributed by atoms with van der Waals surface area (Å²) in [6.45, 7) is 1.70. The van der Waals surface area contributed by atoms with E-state index in [1.165, 1.54) is 0 Å². The molecule has 19 heavy (non-hydrogen) atoms. The Morgan fingerprint density at radius 2 is 1.63 bits per heavy atom. The average Bonchev–Trinajstić information content (AvgIpc) is 2.40. The lowest BCUT2D eigenvalue weighted by Gasteiger charge is -2.17. The molecule has 100 valence electrons. The van der Waals surface area contributed by atoms with Crippen molar-refractivity contribution in [3.63, 3.8) is 0 Å². The van der Waals surface area contributed by atoms with E-state index in [0.29, 0.717) is 17.1 Å². The van der Waals surface area contributed by atoms with Crippen LogP contribution in [0.1, 0.15) is 18.6 Å². The van der Waals surface area contributed by atoms with Gasteiger partial charge < -0.3 is 14.6 Å². The van der Waals surface area contributed by atoms with Crippen LogP contribution < -0.4 is 9.47 Å². The summed E-state index contributed by atoms with van der Waals surface area (Å²) in [7, 11) is 1.58. The molecule has 2 rings (SSSR count). The minimum Gasteiger partial charge on any atom is -0.496 e. The quantitative estimate of drug-likeness (QED) is 0.822. The van der Waals surface area contributed by atoms with Crippen molar-refractivity contribution >= 4 is 22.6 Å².